The van der Waals surface area contributed by atoms with Gasteiger partial charge in [-0.1, -0.05) is 48.7 Å². The van der Waals surface area contributed by atoms with Gasteiger partial charge in [0.05, 0.1) is 34.0 Å². The molecule has 0 unspecified atom stereocenters. The maximum atomic E-state index is 11.9. The third-order valence-corrected chi connectivity index (χ3v) is 6.78. The van der Waals surface area contributed by atoms with Crippen molar-refractivity contribution < 1.29 is 19.8 Å². The first kappa shape index (κ1) is 24.0. The summed E-state index contributed by atoms with van der Waals surface area (Å²) in [5.41, 5.74) is 1.45. The summed E-state index contributed by atoms with van der Waals surface area (Å²) in [5.74, 6) is -1.35. The van der Waals surface area contributed by atoms with E-state index in [1.54, 1.807) is 18.3 Å². The number of carboxylic acid groups (broad SMARTS) is 2. The highest BCUT2D eigenvalue weighted by atomic mass is 35.5. The summed E-state index contributed by atoms with van der Waals surface area (Å²) in [4.78, 5) is 28.7. The molecule has 3 aromatic rings. The molecule has 0 fully saturated rings. The first-order chi connectivity index (χ1) is 15.3. The molecule has 3 rings (SSSR count). The van der Waals surface area contributed by atoms with Crippen LogP contribution in [0.4, 0.5) is 0 Å². The second-order valence-electron chi connectivity index (χ2n) is 7.23. The molecule has 0 saturated heterocycles. The van der Waals surface area contributed by atoms with Gasteiger partial charge in [-0.2, -0.15) is 0 Å². The van der Waals surface area contributed by atoms with Crippen molar-refractivity contribution in [2.75, 3.05) is 0 Å². The fourth-order valence-corrected chi connectivity index (χ4v) is 4.49. The number of thiophene rings is 1. The molecular formula is C23H22Cl2N2O4S. The Morgan fingerprint density at radius 2 is 1.97 bits per heavy atom. The maximum Gasteiger partial charge on any atom is 0.337 e. The van der Waals surface area contributed by atoms with Crippen LogP contribution in [0.3, 0.4) is 0 Å². The molecule has 0 saturated carbocycles. The molecule has 0 aliphatic rings. The number of aromatic carboxylic acids is 1. The first-order valence-electron chi connectivity index (χ1n) is 10.0. The Labute approximate surface area is 199 Å². The number of unbranched alkanes of at least 4 members (excludes halogenated alkanes) is 1. The number of nitrogens with zero attached hydrogens (tertiary/aromatic N) is 2. The van der Waals surface area contributed by atoms with Gasteiger partial charge in [-0.25, -0.2) is 14.6 Å². The standard InChI is InChI=1S/C23H22Cl2N2O4S/c1-2-3-6-19-26-12-16(10-15(22(28)29)11-17-5-4-9-32-17)27(19)13-14-7-8-18(23(30)31)21(25)20(14)24/h4-5,7-10,12H,2-3,6,11,13H2,1H3,(H,28,29)(H,30,31)/b15-10+. The highest BCUT2D eigenvalue weighted by molar-refractivity contribution is 7.09. The molecular weight excluding hydrogens is 471 g/mol. The number of carboxylic acids is 2. The quantitative estimate of drug-likeness (QED) is 0.336. The van der Waals surface area contributed by atoms with Crippen LogP contribution in [-0.4, -0.2) is 31.7 Å². The zero-order valence-corrected chi connectivity index (χ0v) is 19.7. The van der Waals surface area contributed by atoms with Gasteiger partial charge in [0, 0.05) is 23.3 Å². The number of imidazole rings is 1. The summed E-state index contributed by atoms with van der Waals surface area (Å²) in [6.45, 7) is 2.37. The molecule has 0 bridgehead atoms. The number of aliphatic carboxylic acids is 1. The van der Waals surface area contributed by atoms with Crippen molar-refractivity contribution in [3.05, 3.63) is 79.0 Å². The summed E-state index contributed by atoms with van der Waals surface area (Å²) in [5, 5.41) is 21.0. The van der Waals surface area contributed by atoms with E-state index in [-0.39, 0.29) is 27.7 Å². The molecule has 0 radical (unpaired) electrons. The molecule has 2 N–H and O–H groups in total. The second kappa shape index (κ2) is 10.8. The van der Waals surface area contributed by atoms with E-state index < -0.39 is 11.9 Å². The van der Waals surface area contributed by atoms with E-state index in [4.69, 9.17) is 23.2 Å². The predicted molar refractivity (Wildman–Crippen MR) is 127 cm³/mol. The van der Waals surface area contributed by atoms with E-state index in [1.807, 2.05) is 22.1 Å². The number of hydrogen-bond donors (Lipinski definition) is 2. The van der Waals surface area contributed by atoms with Crippen LogP contribution >= 0.6 is 34.5 Å². The van der Waals surface area contributed by atoms with Crippen LogP contribution in [0.2, 0.25) is 10.0 Å². The van der Waals surface area contributed by atoms with Gasteiger partial charge in [-0.05, 0) is 35.6 Å². The third-order valence-electron chi connectivity index (χ3n) is 4.99. The molecule has 32 heavy (non-hydrogen) atoms. The van der Waals surface area contributed by atoms with Gasteiger partial charge in [-0.3, -0.25) is 0 Å². The smallest absolute Gasteiger partial charge is 0.337 e. The van der Waals surface area contributed by atoms with Gasteiger partial charge in [0.1, 0.15) is 5.82 Å². The number of carbonyl (C=O) groups is 2. The molecule has 0 spiro atoms. The van der Waals surface area contributed by atoms with E-state index in [0.29, 0.717) is 17.7 Å². The first-order valence-corrected chi connectivity index (χ1v) is 11.7. The minimum Gasteiger partial charge on any atom is -0.478 e. The Kier molecular flexibility index (Phi) is 8.12. The lowest BCUT2D eigenvalue weighted by atomic mass is 10.1. The van der Waals surface area contributed by atoms with Crippen LogP contribution in [0, 0.1) is 0 Å². The molecule has 0 aliphatic carbocycles. The minimum absolute atomic E-state index is 0.0205. The fourth-order valence-electron chi connectivity index (χ4n) is 3.28. The molecule has 1 aromatic carbocycles. The SMILES string of the molecule is CCCCc1ncc(/C=C(\Cc2cccs2)C(=O)O)n1Cc1ccc(C(=O)O)c(Cl)c1Cl. The van der Waals surface area contributed by atoms with E-state index in [1.165, 1.54) is 17.4 Å². The lowest BCUT2D eigenvalue weighted by Crippen LogP contribution is -2.10. The van der Waals surface area contributed by atoms with Crippen molar-refractivity contribution in [3.63, 3.8) is 0 Å². The monoisotopic (exact) mass is 492 g/mol. The highest BCUT2D eigenvalue weighted by Crippen LogP contribution is 2.31. The predicted octanol–water partition coefficient (Wildman–Crippen LogP) is 6.05. The number of aromatic nitrogens is 2. The average Bonchev–Trinajstić information content (AvgIpc) is 3.39. The summed E-state index contributed by atoms with van der Waals surface area (Å²) < 4.78 is 1.91. The van der Waals surface area contributed by atoms with Crippen molar-refractivity contribution in [1.29, 1.82) is 0 Å². The zero-order chi connectivity index (χ0) is 23.3. The lowest BCUT2D eigenvalue weighted by molar-refractivity contribution is -0.132. The molecule has 6 nitrogen and oxygen atoms in total. The van der Waals surface area contributed by atoms with Crippen molar-refractivity contribution in [3.8, 4) is 0 Å². The molecule has 0 aliphatic heterocycles. The van der Waals surface area contributed by atoms with Gasteiger partial charge in [0.2, 0.25) is 0 Å². The Morgan fingerprint density at radius 1 is 1.19 bits per heavy atom. The summed E-state index contributed by atoms with van der Waals surface area (Å²) >= 11 is 14.1. The average molecular weight is 493 g/mol. The van der Waals surface area contributed by atoms with Crippen molar-refractivity contribution in [2.24, 2.45) is 0 Å². The maximum absolute atomic E-state index is 11.9. The zero-order valence-electron chi connectivity index (χ0n) is 17.3. The summed E-state index contributed by atoms with van der Waals surface area (Å²) in [7, 11) is 0. The van der Waals surface area contributed by atoms with E-state index in [2.05, 4.69) is 11.9 Å². The van der Waals surface area contributed by atoms with Crippen molar-refractivity contribution in [1.82, 2.24) is 9.55 Å². The van der Waals surface area contributed by atoms with Crippen LogP contribution < -0.4 is 0 Å². The third kappa shape index (κ3) is 5.59. The van der Waals surface area contributed by atoms with Gasteiger partial charge >= 0.3 is 11.9 Å². The number of rotatable bonds is 10. The van der Waals surface area contributed by atoms with Gasteiger partial charge in [0.15, 0.2) is 0 Å². The van der Waals surface area contributed by atoms with E-state index >= 15 is 0 Å². The van der Waals surface area contributed by atoms with Crippen molar-refractivity contribution in [2.45, 2.75) is 39.2 Å². The molecule has 2 heterocycles. The number of hydrogen-bond acceptors (Lipinski definition) is 4. The normalized spacial score (nSPS) is 11.7. The number of aryl methyl sites for hydroxylation is 1. The Bertz CT molecular complexity index is 1150. The van der Waals surface area contributed by atoms with Crippen LogP contribution in [0.5, 0.6) is 0 Å². The Hall–Kier alpha value is -2.61. The number of halogens is 2. The molecule has 168 valence electrons. The number of benzene rings is 1. The highest BCUT2D eigenvalue weighted by Gasteiger charge is 2.18. The molecule has 2 aromatic heterocycles. The minimum atomic E-state index is -1.15. The second-order valence-corrected chi connectivity index (χ2v) is 9.01. The Balaban J connectivity index is 2.02. The largest absolute Gasteiger partial charge is 0.478 e. The van der Waals surface area contributed by atoms with E-state index in [0.717, 1.165) is 30.0 Å². The molecule has 0 atom stereocenters. The molecule has 0 amide bonds. The van der Waals surface area contributed by atoms with Crippen molar-refractivity contribution >= 4 is 52.6 Å². The summed E-state index contributed by atoms with van der Waals surface area (Å²) in [6.07, 6.45) is 6.22. The van der Waals surface area contributed by atoms with Gasteiger partial charge in [0.25, 0.3) is 0 Å². The van der Waals surface area contributed by atoms with Crippen LogP contribution in [0.1, 0.15) is 52.1 Å². The van der Waals surface area contributed by atoms with Crippen LogP contribution in [0.15, 0.2) is 41.4 Å². The van der Waals surface area contributed by atoms with Gasteiger partial charge in [-0.15, -0.1) is 11.3 Å². The summed E-state index contributed by atoms with van der Waals surface area (Å²) in [6, 6.07) is 6.83. The van der Waals surface area contributed by atoms with E-state index in [9.17, 15) is 19.8 Å². The molecule has 9 heteroatoms. The van der Waals surface area contributed by atoms with Crippen LogP contribution in [0.25, 0.3) is 6.08 Å². The fraction of sp³-hybridized carbons (Fsp3) is 0.261. The lowest BCUT2D eigenvalue weighted by Gasteiger charge is -2.14. The Morgan fingerprint density at radius 3 is 2.59 bits per heavy atom. The topological polar surface area (TPSA) is 92.4 Å². The van der Waals surface area contributed by atoms with Crippen LogP contribution in [-0.2, 0) is 24.2 Å². The van der Waals surface area contributed by atoms with Gasteiger partial charge < -0.3 is 14.8 Å².